The van der Waals surface area contributed by atoms with Crippen molar-refractivity contribution in [3.05, 3.63) is 20.9 Å². The molecule has 0 amide bonds. The quantitative estimate of drug-likeness (QED) is 0.506. The number of rotatable bonds is 3. The molecule has 1 aromatic heterocycles. The van der Waals surface area contributed by atoms with Crippen LogP contribution in [-0.4, -0.2) is 16.5 Å². The normalized spacial score (nSPS) is 12.0. The van der Waals surface area contributed by atoms with Crippen LogP contribution in [0.5, 0.6) is 5.88 Å². The van der Waals surface area contributed by atoms with E-state index in [1.54, 1.807) is 0 Å². The first-order valence-electron chi connectivity index (χ1n) is 4.08. The predicted molar refractivity (Wildman–Crippen MR) is 54.5 cm³/mol. The fourth-order valence-corrected chi connectivity index (χ4v) is 1.70. The van der Waals surface area contributed by atoms with Gasteiger partial charge in [-0.1, -0.05) is 0 Å². The number of aliphatic hydroxyl groups is 1. The molecule has 1 rings (SSSR count). The minimum Gasteiger partial charge on any atom is -0.392 e. The van der Waals surface area contributed by atoms with Gasteiger partial charge in [0.25, 0.3) is 6.43 Å². The molecule has 1 N–H and O–H groups in total. The molecular formula is C8H5F5INO2. The highest BCUT2D eigenvalue weighted by Crippen LogP contribution is 2.34. The van der Waals surface area contributed by atoms with Crippen LogP contribution in [0.4, 0.5) is 22.0 Å². The van der Waals surface area contributed by atoms with Crippen LogP contribution in [0.3, 0.4) is 0 Å². The van der Waals surface area contributed by atoms with E-state index in [4.69, 9.17) is 5.11 Å². The van der Waals surface area contributed by atoms with Crippen LogP contribution >= 0.6 is 22.6 Å². The van der Waals surface area contributed by atoms with Crippen LogP contribution in [-0.2, 0) is 6.61 Å². The molecule has 17 heavy (non-hydrogen) atoms. The van der Waals surface area contributed by atoms with Crippen molar-refractivity contribution in [2.75, 3.05) is 0 Å². The van der Waals surface area contributed by atoms with Crippen LogP contribution in [0.25, 0.3) is 0 Å². The minimum atomic E-state index is -5.12. The van der Waals surface area contributed by atoms with Gasteiger partial charge >= 0.3 is 6.36 Å². The molecule has 9 heteroatoms. The maximum atomic E-state index is 12.6. The molecule has 0 aliphatic rings. The van der Waals surface area contributed by atoms with Crippen molar-refractivity contribution in [3.63, 3.8) is 0 Å². The van der Waals surface area contributed by atoms with Crippen molar-refractivity contribution in [1.82, 2.24) is 4.98 Å². The molecule has 0 aliphatic carbocycles. The van der Waals surface area contributed by atoms with E-state index >= 15 is 0 Å². The summed E-state index contributed by atoms with van der Waals surface area (Å²) in [6.07, 6.45) is -8.34. The Balaban J connectivity index is 3.30. The molecule has 0 unspecified atom stereocenters. The van der Waals surface area contributed by atoms with Gasteiger partial charge in [0.05, 0.1) is 12.2 Å². The molecule has 0 aromatic carbocycles. The highest BCUT2D eigenvalue weighted by molar-refractivity contribution is 14.1. The monoisotopic (exact) mass is 369 g/mol. The topological polar surface area (TPSA) is 42.4 Å². The summed E-state index contributed by atoms with van der Waals surface area (Å²) >= 11 is 1.53. The summed E-state index contributed by atoms with van der Waals surface area (Å²) in [5.74, 6) is -1.23. The van der Waals surface area contributed by atoms with Crippen molar-refractivity contribution in [3.8, 4) is 5.88 Å². The van der Waals surface area contributed by atoms with Gasteiger partial charge < -0.3 is 9.84 Å². The second-order valence-electron chi connectivity index (χ2n) is 2.83. The fraction of sp³-hybridized carbons (Fsp3) is 0.375. The van der Waals surface area contributed by atoms with Gasteiger partial charge in [-0.05, 0) is 34.2 Å². The number of pyridine rings is 1. The Labute approximate surface area is 106 Å². The molecule has 96 valence electrons. The summed E-state index contributed by atoms with van der Waals surface area (Å²) in [5.41, 5.74) is -1.40. The van der Waals surface area contributed by atoms with Crippen molar-refractivity contribution < 1.29 is 31.8 Å². The summed E-state index contributed by atoms with van der Waals surface area (Å²) in [7, 11) is 0. The Morgan fingerprint density at radius 3 is 2.41 bits per heavy atom. The number of hydrogen-bond acceptors (Lipinski definition) is 3. The maximum absolute atomic E-state index is 12.6. The van der Waals surface area contributed by atoms with Crippen molar-refractivity contribution in [2.45, 2.75) is 19.4 Å². The molecule has 0 saturated heterocycles. The lowest BCUT2D eigenvalue weighted by Crippen LogP contribution is -2.20. The summed E-state index contributed by atoms with van der Waals surface area (Å²) in [6.45, 7) is -0.827. The largest absolute Gasteiger partial charge is 0.574 e. The van der Waals surface area contributed by atoms with Gasteiger partial charge in [-0.15, -0.1) is 13.2 Å². The van der Waals surface area contributed by atoms with Crippen molar-refractivity contribution in [1.29, 1.82) is 0 Å². The third-order valence-electron chi connectivity index (χ3n) is 1.68. The number of ether oxygens (including phenoxy) is 1. The van der Waals surface area contributed by atoms with Crippen LogP contribution in [0.15, 0.2) is 6.07 Å². The molecular weight excluding hydrogens is 364 g/mol. The summed E-state index contributed by atoms with van der Waals surface area (Å²) in [4.78, 5) is 3.24. The Bertz CT molecular complexity index is 410. The zero-order valence-corrected chi connectivity index (χ0v) is 10.1. The first-order chi connectivity index (χ1) is 7.74. The highest BCUT2D eigenvalue weighted by atomic mass is 127. The van der Waals surface area contributed by atoms with Crippen LogP contribution < -0.4 is 4.74 Å². The Kier molecular flexibility index (Phi) is 4.47. The lowest BCUT2D eigenvalue weighted by Gasteiger charge is -2.14. The fourth-order valence-electron chi connectivity index (χ4n) is 1.10. The highest BCUT2D eigenvalue weighted by Gasteiger charge is 2.35. The Morgan fingerprint density at radius 2 is 2.00 bits per heavy atom. The second kappa shape index (κ2) is 5.29. The number of alkyl halides is 5. The third kappa shape index (κ3) is 3.91. The summed E-state index contributed by atoms with van der Waals surface area (Å²) < 4.78 is 64.5. The van der Waals surface area contributed by atoms with Gasteiger partial charge in [0.1, 0.15) is 3.70 Å². The summed E-state index contributed by atoms with van der Waals surface area (Å²) in [5, 5.41) is 8.81. The van der Waals surface area contributed by atoms with Gasteiger partial charge in [-0.2, -0.15) is 0 Å². The number of hydrogen-bond donors (Lipinski definition) is 1. The average molecular weight is 369 g/mol. The van der Waals surface area contributed by atoms with E-state index in [9.17, 15) is 22.0 Å². The van der Waals surface area contributed by atoms with Crippen molar-refractivity contribution >= 4 is 22.6 Å². The van der Waals surface area contributed by atoms with E-state index in [0.29, 0.717) is 0 Å². The lowest BCUT2D eigenvalue weighted by molar-refractivity contribution is -0.276. The number of aliphatic hydroxyl groups excluding tert-OH is 1. The van der Waals surface area contributed by atoms with Gasteiger partial charge in [0.2, 0.25) is 5.88 Å². The zero-order valence-electron chi connectivity index (χ0n) is 7.93. The van der Waals surface area contributed by atoms with E-state index in [-0.39, 0.29) is 9.26 Å². The van der Waals surface area contributed by atoms with Gasteiger partial charge in [0.15, 0.2) is 0 Å². The SMILES string of the molecule is OCc1cc(I)nc(OC(F)(F)F)c1C(F)F. The smallest absolute Gasteiger partial charge is 0.392 e. The molecule has 0 radical (unpaired) electrons. The molecule has 0 aliphatic heterocycles. The van der Waals surface area contributed by atoms with E-state index in [0.717, 1.165) is 6.07 Å². The predicted octanol–water partition coefficient (Wildman–Crippen LogP) is 3.01. The second-order valence-corrected chi connectivity index (χ2v) is 3.93. The first kappa shape index (κ1) is 14.4. The molecule has 1 aromatic rings. The van der Waals surface area contributed by atoms with Crippen LogP contribution in [0.2, 0.25) is 0 Å². The van der Waals surface area contributed by atoms with Crippen molar-refractivity contribution in [2.24, 2.45) is 0 Å². The standard InChI is InChI=1S/C8H5F5INO2/c9-6(10)5-3(2-16)1-4(14)15-7(5)17-8(11,12)13/h1,6,16H,2H2. The maximum Gasteiger partial charge on any atom is 0.574 e. The molecule has 0 saturated carbocycles. The van der Waals surface area contributed by atoms with E-state index in [1.165, 1.54) is 22.6 Å². The molecule has 0 atom stereocenters. The van der Waals surface area contributed by atoms with Gasteiger partial charge in [0, 0.05) is 0 Å². The average Bonchev–Trinajstić information content (AvgIpc) is 2.12. The molecule has 0 spiro atoms. The molecule has 0 fully saturated rings. The van der Waals surface area contributed by atoms with Crippen LogP contribution in [0.1, 0.15) is 17.6 Å². The first-order valence-corrected chi connectivity index (χ1v) is 5.16. The number of halogens is 6. The van der Waals surface area contributed by atoms with Gasteiger partial charge in [-0.3, -0.25) is 0 Å². The third-order valence-corrected chi connectivity index (χ3v) is 2.23. The van der Waals surface area contributed by atoms with E-state index in [2.05, 4.69) is 9.72 Å². The molecule has 3 nitrogen and oxygen atoms in total. The van der Waals surface area contributed by atoms with E-state index in [1.807, 2.05) is 0 Å². The Morgan fingerprint density at radius 1 is 1.41 bits per heavy atom. The van der Waals surface area contributed by atoms with Crippen LogP contribution in [0, 0.1) is 3.70 Å². The summed E-state index contributed by atoms with van der Waals surface area (Å²) in [6, 6.07) is 1.06. The number of nitrogens with zero attached hydrogens (tertiary/aromatic N) is 1. The molecule has 1 heterocycles. The Hall–Kier alpha value is -0.710. The van der Waals surface area contributed by atoms with E-state index < -0.39 is 30.8 Å². The lowest BCUT2D eigenvalue weighted by atomic mass is 10.1. The minimum absolute atomic E-state index is 0.00954. The number of aromatic nitrogens is 1. The zero-order chi connectivity index (χ0) is 13.2. The van der Waals surface area contributed by atoms with Gasteiger partial charge in [-0.25, -0.2) is 13.8 Å². The molecule has 0 bridgehead atoms.